The van der Waals surface area contributed by atoms with E-state index < -0.39 is 11.5 Å². The first-order chi connectivity index (χ1) is 9.60. The lowest BCUT2D eigenvalue weighted by molar-refractivity contribution is -0.133. The fourth-order valence-corrected chi connectivity index (χ4v) is 2.02. The van der Waals surface area contributed by atoms with Crippen molar-refractivity contribution in [2.75, 3.05) is 0 Å². The van der Waals surface area contributed by atoms with E-state index in [0.29, 0.717) is 5.56 Å². The zero-order valence-corrected chi connectivity index (χ0v) is 10.5. The summed E-state index contributed by atoms with van der Waals surface area (Å²) in [6.45, 7) is 0. The van der Waals surface area contributed by atoms with Gasteiger partial charge in [0.1, 0.15) is 0 Å². The van der Waals surface area contributed by atoms with Gasteiger partial charge >= 0.3 is 0 Å². The van der Waals surface area contributed by atoms with Gasteiger partial charge in [0.2, 0.25) is 0 Å². The van der Waals surface area contributed by atoms with E-state index in [1.54, 1.807) is 42.5 Å². The number of hydrogen-bond acceptors (Lipinski definition) is 3. The number of amides is 1. The van der Waals surface area contributed by atoms with Crippen molar-refractivity contribution in [2.45, 2.75) is 5.60 Å². The first-order valence-electron chi connectivity index (χ1n) is 5.83. The summed E-state index contributed by atoms with van der Waals surface area (Å²) >= 11 is 0. The average Bonchev–Trinajstić information content (AvgIpc) is 2.48. The molecule has 1 atom stereocenters. The van der Waals surface area contributed by atoms with Crippen LogP contribution in [0.15, 0.2) is 59.7 Å². The molecule has 2 aromatic rings. The van der Waals surface area contributed by atoms with Crippen molar-refractivity contribution in [3.8, 4) is 0 Å². The Kier molecular flexibility index (Phi) is 3.70. The van der Waals surface area contributed by atoms with Gasteiger partial charge in [0, 0.05) is 16.2 Å². The Morgan fingerprint density at radius 3 is 2.35 bits per heavy atom. The van der Waals surface area contributed by atoms with E-state index in [0.717, 1.165) is 0 Å². The van der Waals surface area contributed by atoms with Crippen molar-refractivity contribution >= 4 is 11.6 Å². The third kappa shape index (κ3) is 2.21. The molecular formula is C14H12N4O2. The molecular weight excluding hydrogens is 256 g/mol. The Hall–Kier alpha value is -2.82. The highest BCUT2D eigenvalue weighted by Crippen LogP contribution is 2.35. The summed E-state index contributed by atoms with van der Waals surface area (Å²) in [6.07, 6.45) is 0. The molecule has 0 saturated carbocycles. The third-order valence-electron chi connectivity index (χ3n) is 2.99. The van der Waals surface area contributed by atoms with E-state index in [1.807, 2.05) is 0 Å². The van der Waals surface area contributed by atoms with Gasteiger partial charge in [-0.2, -0.15) is 0 Å². The zero-order chi connectivity index (χ0) is 14.6. The zero-order valence-electron chi connectivity index (χ0n) is 10.5. The maximum absolute atomic E-state index is 11.8. The fraction of sp³-hybridized carbons (Fsp3) is 0.0714. The molecule has 6 nitrogen and oxygen atoms in total. The minimum absolute atomic E-state index is 0.150. The van der Waals surface area contributed by atoms with Crippen LogP contribution in [0.3, 0.4) is 0 Å². The van der Waals surface area contributed by atoms with Crippen molar-refractivity contribution in [1.82, 2.24) is 0 Å². The Balaban J connectivity index is 2.73. The lowest BCUT2D eigenvalue weighted by Gasteiger charge is -2.26. The van der Waals surface area contributed by atoms with Crippen LogP contribution in [-0.4, -0.2) is 11.0 Å². The number of azide groups is 1. The average molecular weight is 268 g/mol. The summed E-state index contributed by atoms with van der Waals surface area (Å²) in [5.41, 5.74) is 12.5. The molecule has 6 heteroatoms. The lowest BCUT2D eigenvalue weighted by atomic mass is 9.85. The fourth-order valence-electron chi connectivity index (χ4n) is 2.02. The minimum atomic E-state index is -2.05. The van der Waals surface area contributed by atoms with Crippen LogP contribution in [0, 0.1) is 0 Å². The van der Waals surface area contributed by atoms with Gasteiger partial charge in [-0.3, -0.25) is 4.79 Å². The van der Waals surface area contributed by atoms with Gasteiger partial charge in [0.05, 0.1) is 0 Å². The van der Waals surface area contributed by atoms with Gasteiger partial charge in [-0.1, -0.05) is 59.7 Å². The highest BCUT2D eigenvalue weighted by molar-refractivity contribution is 5.90. The van der Waals surface area contributed by atoms with Crippen LogP contribution in [0.4, 0.5) is 5.69 Å². The Bertz CT molecular complexity index is 681. The molecule has 0 bridgehead atoms. The maximum atomic E-state index is 11.8. The normalized spacial score (nSPS) is 13.1. The van der Waals surface area contributed by atoms with Crippen LogP contribution >= 0.6 is 0 Å². The van der Waals surface area contributed by atoms with Crippen LogP contribution in [0.1, 0.15) is 11.1 Å². The molecule has 1 amide bonds. The first-order valence-corrected chi connectivity index (χ1v) is 5.83. The predicted molar refractivity (Wildman–Crippen MR) is 73.9 cm³/mol. The van der Waals surface area contributed by atoms with Crippen molar-refractivity contribution in [3.63, 3.8) is 0 Å². The maximum Gasteiger partial charge on any atom is 0.258 e. The van der Waals surface area contributed by atoms with Crippen molar-refractivity contribution in [2.24, 2.45) is 10.8 Å². The molecule has 100 valence electrons. The number of aliphatic hydroxyl groups is 1. The molecule has 1 unspecified atom stereocenters. The minimum Gasteiger partial charge on any atom is -0.372 e. The molecule has 0 saturated heterocycles. The summed E-state index contributed by atoms with van der Waals surface area (Å²) in [4.78, 5) is 14.5. The lowest BCUT2D eigenvalue weighted by Crippen LogP contribution is -2.42. The molecule has 0 heterocycles. The van der Waals surface area contributed by atoms with E-state index >= 15 is 0 Å². The van der Waals surface area contributed by atoms with Crippen LogP contribution in [0.2, 0.25) is 0 Å². The molecule has 0 aromatic heterocycles. The SMILES string of the molecule is [N-]=[N+]=Nc1ccccc1C(O)(C(N)=O)c1ccccc1. The Labute approximate surface area is 115 Å². The molecule has 0 fully saturated rings. The number of carbonyl (C=O) groups excluding carboxylic acids is 1. The molecule has 0 spiro atoms. The molecule has 2 rings (SSSR count). The van der Waals surface area contributed by atoms with Crippen LogP contribution < -0.4 is 5.73 Å². The summed E-state index contributed by atoms with van der Waals surface area (Å²) in [5.74, 6) is -0.940. The molecule has 0 radical (unpaired) electrons. The molecule has 0 aliphatic rings. The standard InChI is InChI=1S/C14H12N4O2/c15-13(19)14(20,10-6-2-1-3-7-10)11-8-4-5-9-12(11)17-18-16/h1-9,20H,(H2,15,19). The Morgan fingerprint density at radius 1 is 1.15 bits per heavy atom. The third-order valence-corrected chi connectivity index (χ3v) is 2.99. The topological polar surface area (TPSA) is 112 Å². The van der Waals surface area contributed by atoms with Crippen LogP contribution in [0.25, 0.3) is 10.4 Å². The number of carbonyl (C=O) groups is 1. The van der Waals surface area contributed by atoms with Crippen molar-refractivity contribution < 1.29 is 9.90 Å². The summed E-state index contributed by atoms with van der Waals surface area (Å²) in [6, 6.07) is 14.6. The van der Waals surface area contributed by atoms with Crippen LogP contribution in [-0.2, 0) is 10.4 Å². The van der Waals surface area contributed by atoms with E-state index in [-0.39, 0.29) is 11.3 Å². The molecule has 3 N–H and O–H groups in total. The molecule has 2 aromatic carbocycles. The van der Waals surface area contributed by atoms with Gasteiger partial charge in [-0.05, 0) is 11.1 Å². The number of primary amides is 1. The van der Waals surface area contributed by atoms with E-state index in [1.165, 1.54) is 12.1 Å². The molecule has 0 aliphatic carbocycles. The second-order valence-corrected chi connectivity index (χ2v) is 4.15. The van der Waals surface area contributed by atoms with E-state index in [4.69, 9.17) is 11.3 Å². The number of hydrogen-bond donors (Lipinski definition) is 2. The van der Waals surface area contributed by atoms with Gasteiger partial charge in [-0.15, -0.1) is 0 Å². The second kappa shape index (κ2) is 5.44. The van der Waals surface area contributed by atoms with Gasteiger partial charge in [-0.25, -0.2) is 0 Å². The molecule has 20 heavy (non-hydrogen) atoms. The highest BCUT2D eigenvalue weighted by atomic mass is 16.3. The van der Waals surface area contributed by atoms with E-state index in [9.17, 15) is 9.90 Å². The number of rotatable bonds is 4. The molecule has 0 aliphatic heterocycles. The quantitative estimate of drug-likeness (QED) is 0.503. The highest BCUT2D eigenvalue weighted by Gasteiger charge is 2.39. The second-order valence-electron chi connectivity index (χ2n) is 4.15. The van der Waals surface area contributed by atoms with Crippen LogP contribution in [0.5, 0.6) is 0 Å². The van der Waals surface area contributed by atoms with Crippen molar-refractivity contribution in [1.29, 1.82) is 0 Å². The van der Waals surface area contributed by atoms with Gasteiger partial charge in [0.25, 0.3) is 5.91 Å². The predicted octanol–water partition coefficient (Wildman–Crippen LogP) is 2.35. The smallest absolute Gasteiger partial charge is 0.258 e. The Morgan fingerprint density at radius 2 is 1.75 bits per heavy atom. The summed E-state index contributed by atoms with van der Waals surface area (Å²) in [5, 5.41) is 14.3. The summed E-state index contributed by atoms with van der Waals surface area (Å²) < 4.78 is 0. The van der Waals surface area contributed by atoms with Gasteiger partial charge < -0.3 is 10.8 Å². The monoisotopic (exact) mass is 268 g/mol. The number of nitrogens with zero attached hydrogens (tertiary/aromatic N) is 3. The number of nitrogens with two attached hydrogens (primary N) is 1. The first kappa shape index (κ1) is 13.6. The largest absolute Gasteiger partial charge is 0.372 e. The summed E-state index contributed by atoms with van der Waals surface area (Å²) in [7, 11) is 0. The van der Waals surface area contributed by atoms with E-state index in [2.05, 4.69) is 10.0 Å². The number of benzene rings is 2. The van der Waals surface area contributed by atoms with Crippen molar-refractivity contribution in [3.05, 3.63) is 76.2 Å². The van der Waals surface area contributed by atoms with Gasteiger partial charge in [0.15, 0.2) is 5.60 Å².